The molecule has 1 amide bonds. The van der Waals surface area contributed by atoms with Crippen LogP contribution >= 0.6 is 0 Å². The van der Waals surface area contributed by atoms with Crippen molar-refractivity contribution in [3.8, 4) is 0 Å². The number of nitrogens with zero attached hydrogens (tertiary/aromatic N) is 2. The molecule has 0 radical (unpaired) electrons. The molecule has 0 aliphatic carbocycles. The molecule has 1 fully saturated rings. The van der Waals surface area contributed by atoms with Crippen molar-refractivity contribution in [3.05, 3.63) is 17.7 Å². The molecule has 1 aliphatic rings. The van der Waals surface area contributed by atoms with Gasteiger partial charge < -0.3 is 30.4 Å². The van der Waals surface area contributed by atoms with Crippen molar-refractivity contribution < 1.29 is 24.9 Å². The third kappa shape index (κ3) is 1.89. The van der Waals surface area contributed by atoms with Crippen LogP contribution < -0.4 is 5.73 Å². The first-order valence-corrected chi connectivity index (χ1v) is 5.43. The van der Waals surface area contributed by atoms with E-state index in [0.29, 0.717) is 5.69 Å². The van der Waals surface area contributed by atoms with Gasteiger partial charge >= 0.3 is 0 Å². The van der Waals surface area contributed by atoms with E-state index in [1.54, 1.807) is 6.92 Å². The minimum atomic E-state index is -1.21. The summed E-state index contributed by atoms with van der Waals surface area (Å²) in [6.45, 7) is 1.19. The Hall–Kier alpha value is -1.48. The fraction of sp³-hybridized carbons (Fsp3) is 0.600. The van der Waals surface area contributed by atoms with E-state index in [2.05, 4.69) is 4.98 Å². The normalized spacial score (nSPS) is 31.8. The molecular formula is C10H15N3O5. The molecule has 1 aromatic rings. The van der Waals surface area contributed by atoms with Crippen molar-refractivity contribution in [3.63, 3.8) is 0 Å². The van der Waals surface area contributed by atoms with E-state index < -0.39 is 37.1 Å². The molecule has 2 unspecified atom stereocenters. The Bertz CT molecular complexity index is 460. The average molecular weight is 257 g/mol. The summed E-state index contributed by atoms with van der Waals surface area (Å²) in [5.74, 6) is -0.682. The van der Waals surface area contributed by atoms with Gasteiger partial charge in [-0.05, 0) is 6.92 Å². The number of primary amides is 1. The van der Waals surface area contributed by atoms with E-state index in [9.17, 15) is 15.0 Å². The molecular weight excluding hydrogens is 242 g/mol. The molecule has 0 saturated carbocycles. The van der Waals surface area contributed by atoms with Crippen LogP contribution in [0.15, 0.2) is 6.33 Å². The van der Waals surface area contributed by atoms with Gasteiger partial charge in [0.2, 0.25) is 0 Å². The van der Waals surface area contributed by atoms with Crippen molar-refractivity contribution in [1.82, 2.24) is 9.55 Å². The summed E-state index contributed by atoms with van der Waals surface area (Å²) in [4.78, 5) is 14.9. The second-order valence-corrected chi connectivity index (χ2v) is 4.18. The number of hydrogen-bond donors (Lipinski definition) is 4. The number of carbonyl (C=O) groups is 1. The molecule has 5 N–H and O–H groups in total. The molecule has 1 saturated heterocycles. The summed E-state index contributed by atoms with van der Waals surface area (Å²) in [6.07, 6.45) is -2.88. The maximum atomic E-state index is 11.1. The smallest absolute Gasteiger partial charge is 0.269 e. The summed E-state index contributed by atoms with van der Waals surface area (Å²) >= 11 is 0. The van der Waals surface area contributed by atoms with Gasteiger partial charge in [0.15, 0.2) is 6.23 Å². The lowest BCUT2D eigenvalue weighted by molar-refractivity contribution is -0.0536. The van der Waals surface area contributed by atoms with E-state index in [-0.39, 0.29) is 5.69 Å². The van der Waals surface area contributed by atoms with Gasteiger partial charge in [0.05, 0.1) is 12.9 Å². The lowest BCUT2D eigenvalue weighted by Crippen LogP contribution is -2.33. The van der Waals surface area contributed by atoms with Crippen molar-refractivity contribution in [2.45, 2.75) is 31.5 Å². The molecule has 1 aliphatic heterocycles. The fourth-order valence-electron chi connectivity index (χ4n) is 2.03. The van der Waals surface area contributed by atoms with Crippen LogP contribution in [-0.4, -0.2) is 55.7 Å². The summed E-state index contributed by atoms with van der Waals surface area (Å²) in [6, 6.07) is 0. The van der Waals surface area contributed by atoms with Crippen LogP contribution in [0.4, 0.5) is 0 Å². The van der Waals surface area contributed by atoms with Gasteiger partial charge in [-0.3, -0.25) is 4.79 Å². The van der Waals surface area contributed by atoms with Crippen LogP contribution in [0.25, 0.3) is 0 Å². The maximum Gasteiger partial charge on any atom is 0.269 e. The van der Waals surface area contributed by atoms with E-state index >= 15 is 0 Å². The number of amides is 1. The predicted octanol–water partition coefficient (Wildman–Crippen LogP) is -2.10. The summed E-state index contributed by atoms with van der Waals surface area (Å²) in [7, 11) is 0. The molecule has 8 heteroatoms. The highest BCUT2D eigenvalue weighted by Crippen LogP contribution is 2.30. The third-order valence-corrected chi connectivity index (χ3v) is 3.07. The number of carbonyl (C=O) groups excluding carboxylic acids is 1. The van der Waals surface area contributed by atoms with Crippen LogP contribution in [0.3, 0.4) is 0 Å². The van der Waals surface area contributed by atoms with E-state index in [0.717, 1.165) is 0 Å². The maximum absolute atomic E-state index is 11.1. The fourth-order valence-corrected chi connectivity index (χ4v) is 2.03. The zero-order valence-electron chi connectivity index (χ0n) is 9.72. The number of ether oxygens (including phenoxy) is 1. The van der Waals surface area contributed by atoms with Gasteiger partial charge in [-0.25, -0.2) is 4.98 Å². The second kappa shape index (κ2) is 4.65. The third-order valence-electron chi connectivity index (χ3n) is 3.07. The average Bonchev–Trinajstić information content (AvgIpc) is 2.82. The molecule has 0 spiro atoms. The summed E-state index contributed by atoms with van der Waals surface area (Å²) < 4.78 is 6.72. The number of aromatic nitrogens is 2. The van der Waals surface area contributed by atoms with Crippen molar-refractivity contribution in [2.24, 2.45) is 5.73 Å². The molecule has 0 aromatic carbocycles. The number of aliphatic hydroxyl groups is 3. The van der Waals surface area contributed by atoms with Crippen LogP contribution in [0.2, 0.25) is 0 Å². The zero-order valence-corrected chi connectivity index (χ0v) is 9.72. The Morgan fingerprint density at radius 3 is 2.67 bits per heavy atom. The summed E-state index contributed by atoms with van der Waals surface area (Å²) in [5, 5.41) is 28.5. The van der Waals surface area contributed by atoms with Crippen molar-refractivity contribution >= 4 is 5.91 Å². The Labute approximate surface area is 103 Å². The van der Waals surface area contributed by atoms with Gasteiger partial charge in [-0.15, -0.1) is 0 Å². The zero-order chi connectivity index (χ0) is 13.4. The molecule has 100 valence electrons. The van der Waals surface area contributed by atoms with Crippen molar-refractivity contribution in [1.29, 1.82) is 0 Å². The lowest BCUT2D eigenvalue weighted by Gasteiger charge is -2.17. The molecule has 2 rings (SSSR count). The minimum absolute atomic E-state index is 0.0766. The number of imidazole rings is 1. The highest BCUT2D eigenvalue weighted by Gasteiger charge is 2.43. The highest BCUT2D eigenvalue weighted by molar-refractivity contribution is 5.91. The Balaban J connectivity index is 2.30. The molecule has 2 heterocycles. The minimum Gasteiger partial charge on any atom is -0.394 e. The van der Waals surface area contributed by atoms with Gasteiger partial charge in [-0.1, -0.05) is 0 Å². The van der Waals surface area contributed by atoms with E-state index in [1.807, 2.05) is 0 Å². The molecule has 4 atom stereocenters. The van der Waals surface area contributed by atoms with E-state index in [4.69, 9.17) is 15.6 Å². The van der Waals surface area contributed by atoms with Gasteiger partial charge in [0.1, 0.15) is 24.0 Å². The van der Waals surface area contributed by atoms with E-state index in [1.165, 1.54) is 10.9 Å². The lowest BCUT2D eigenvalue weighted by atomic mass is 10.1. The van der Waals surface area contributed by atoms with Gasteiger partial charge in [0.25, 0.3) is 5.91 Å². The first kappa shape index (κ1) is 13.0. The highest BCUT2D eigenvalue weighted by atomic mass is 16.6. The monoisotopic (exact) mass is 257 g/mol. The van der Waals surface area contributed by atoms with Crippen LogP contribution in [0.1, 0.15) is 22.4 Å². The Kier molecular flexibility index (Phi) is 3.35. The predicted molar refractivity (Wildman–Crippen MR) is 58.5 cm³/mol. The first-order valence-electron chi connectivity index (χ1n) is 5.43. The SMILES string of the molecule is Cc1c(C(N)=O)ncn1[C@@H]1O[C@H](CO)C(O)C1O. The second-order valence-electron chi connectivity index (χ2n) is 4.18. The largest absolute Gasteiger partial charge is 0.394 e. The number of rotatable bonds is 3. The number of aliphatic hydroxyl groups excluding tert-OH is 3. The Morgan fingerprint density at radius 1 is 1.56 bits per heavy atom. The number of hydrogen-bond acceptors (Lipinski definition) is 6. The first-order chi connectivity index (χ1) is 8.47. The van der Waals surface area contributed by atoms with Gasteiger partial charge in [-0.2, -0.15) is 0 Å². The molecule has 8 nitrogen and oxygen atoms in total. The quantitative estimate of drug-likeness (QED) is 0.490. The molecule has 1 aromatic heterocycles. The number of nitrogens with two attached hydrogens (primary N) is 1. The molecule has 18 heavy (non-hydrogen) atoms. The molecule has 0 bridgehead atoms. The van der Waals surface area contributed by atoms with Crippen LogP contribution in [0.5, 0.6) is 0 Å². The van der Waals surface area contributed by atoms with Crippen LogP contribution in [-0.2, 0) is 4.74 Å². The topological polar surface area (TPSA) is 131 Å². The van der Waals surface area contributed by atoms with Crippen LogP contribution in [0, 0.1) is 6.92 Å². The Morgan fingerprint density at radius 2 is 2.22 bits per heavy atom. The van der Waals surface area contributed by atoms with Gasteiger partial charge in [0, 0.05) is 5.69 Å². The standard InChI is InChI=1S/C10H15N3O5/c1-4-6(9(11)17)12-3-13(4)10-8(16)7(15)5(2-14)18-10/h3,5,7-8,10,14-16H,2H2,1H3,(H2,11,17)/t5-,7?,8?,10-/m1/s1. The van der Waals surface area contributed by atoms with Crippen molar-refractivity contribution in [2.75, 3.05) is 6.61 Å². The summed E-state index contributed by atoms with van der Waals surface area (Å²) in [5.41, 5.74) is 5.64.